The summed E-state index contributed by atoms with van der Waals surface area (Å²) in [7, 11) is 1.60. The van der Waals surface area contributed by atoms with Crippen LogP contribution in [0.5, 0.6) is 11.5 Å². The van der Waals surface area contributed by atoms with Gasteiger partial charge in [-0.2, -0.15) is 0 Å². The van der Waals surface area contributed by atoms with Crippen LogP contribution in [0.25, 0.3) is 10.2 Å². The quantitative estimate of drug-likeness (QED) is 0.777. The number of nitrogens with one attached hydrogen (secondary N) is 1. The summed E-state index contributed by atoms with van der Waals surface area (Å²) in [5.74, 6) is 1.11. The Hall–Kier alpha value is -2.60. The monoisotopic (exact) mass is 328 g/mol. The van der Waals surface area contributed by atoms with Gasteiger partial charge < -0.3 is 9.47 Å². The molecule has 0 atom stereocenters. The molecule has 1 amide bonds. The van der Waals surface area contributed by atoms with Crippen LogP contribution >= 0.6 is 11.3 Å². The van der Waals surface area contributed by atoms with Crippen LogP contribution in [-0.4, -0.2) is 24.6 Å². The number of nitrogens with zero attached hydrogens (tertiary/aromatic N) is 1. The van der Waals surface area contributed by atoms with Gasteiger partial charge in [-0.3, -0.25) is 10.1 Å². The summed E-state index contributed by atoms with van der Waals surface area (Å²) in [6.07, 6.45) is 0. The Bertz CT molecular complexity index is 827. The number of aromatic nitrogens is 1. The maximum atomic E-state index is 12.0. The average Bonchev–Trinajstić information content (AvgIpc) is 2.96. The highest BCUT2D eigenvalue weighted by atomic mass is 32.1. The van der Waals surface area contributed by atoms with Gasteiger partial charge in [0.05, 0.1) is 11.8 Å². The molecule has 3 rings (SSSR count). The summed E-state index contributed by atoms with van der Waals surface area (Å²) < 4.78 is 11.7. The second kappa shape index (κ2) is 6.66. The Morgan fingerprint density at radius 1 is 1.22 bits per heavy atom. The maximum absolute atomic E-state index is 12.0. The third kappa shape index (κ3) is 3.60. The predicted octanol–water partition coefficient (Wildman–Crippen LogP) is 3.63. The van der Waals surface area contributed by atoms with Crippen molar-refractivity contribution >= 4 is 32.6 Å². The highest BCUT2D eigenvalue weighted by Crippen LogP contribution is 2.31. The number of ether oxygens (including phenoxy) is 2. The molecule has 3 aromatic rings. The van der Waals surface area contributed by atoms with Gasteiger partial charge in [-0.1, -0.05) is 35.1 Å². The minimum Gasteiger partial charge on any atom is -0.494 e. The molecule has 0 bridgehead atoms. The van der Waals surface area contributed by atoms with E-state index in [9.17, 15) is 4.79 Å². The van der Waals surface area contributed by atoms with Crippen molar-refractivity contribution in [2.45, 2.75) is 6.92 Å². The Morgan fingerprint density at radius 3 is 2.74 bits per heavy atom. The standard InChI is InChI=1S/C17H16N2O3S/c1-11-6-8-12(9-7-11)22-10-15(20)18-17-19-16-13(21-2)4-3-5-14(16)23-17/h3-9H,10H2,1-2H3,(H,18,19,20). The Kier molecular flexibility index (Phi) is 4.43. The smallest absolute Gasteiger partial charge is 0.264 e. The van der Waals surface area contributed by atoms with Crippen LogP contribution in [-0.2, 0) is 4.79 Å². The molecule has 2 aromatic carbocycles. The zero-order valence-corrected chi connectivity index (χ0v) is 13.6. The van der Waals surface area contributed by atoms with Crippen molar-refractivity contribution in [1.29, 1.82) is 0 Å². The van der Waals surface area contributed by atoms with Crippen LogP contribution in [0, 0.1) is 6.92 Å². The zero-order chi connectivity index (χ0) is 16.2. The number of para-hydroxylation sites is 1. The van der Waals surface area contributed by atoms with Crippen molar-refractivity contribution in [3.05, 3.63) is 48.0 Å². The molecule has 6 heteroatoms. The number of anilines is 1. The molecule has 118 valence electrons. The Balaban J connectivity index is 1.64. The molecule has 23 heavy (non-hydrogen) atoms. The first-order valence-corrected chi connectivity index (χ1v) is 7.90. The molecular weight excluding hydrogens is 312 g/mol. The molecule has 0 fully saturated rings. The van der Waals surface area contributed by atoms with Gasteiger partial charge in [-0.05, 0) is 31.2 Å². The highest BCUT2D eigenvalue weighted by Gasteiger charge is 2.11. The lowest BCUT2D eigenvalue weighted by Gasteiger charge is -2.05. The van der Waals surface area contributed by atoms with E-state index in [2.05, 4.69) is 10.3 Å². The second-order valence-corrected chi connectivity index (χ2v) is 6.01. The lowest BCUT2D eigenvalue weighted by molar-refractivity contribution is -0.118. The number of thiazole rings is 1. The SMILES string of the molecule is COc1cccc2sc(NC(=O)COc3ccc(C)cc3)nc12. The number of methoxy groups -OCH3 is 1. The minimum atomic E-state index is -0.247. The van der Waals surface area contributed by atoms with E-state index in [1.807, 2.05) is 49.4 Å². The van der Waals surface area contributed by atoms with E-state index in [1.54, 1.807) is 7.11 Å². The summed E-state index contributed by atoms with van der Waals surface area (Å²) in [6, 6.07) is 13.2. The minimum absolute atomic E-state index is 0.0594. The van der Waals surface area contributed by atoms with Gasteiger partial charge >= 0.3 is 0 Å². The molecule has 0 radical (unpaired) electrons. The first-order valence-electron chi connectivity index (χ1n) is 7.08. The van der Waals surface area contributed by atoms with Crippen LogP contribution in [0.4, 0.5) is 5.13 Å². The van der Waals surface area contributed by atoms with Crippen molar-refractivity contribution in [1.82, 2.24) is 4.98 Å². The van der Waals surface area contributed by atoms with Crippen molar-refractivity contribution in [3.63, 3.8) is 0 Å². The molecule has 1 aromatic heterocycles. The van der Waals surface area contributed by atoms with Gasteiger partial charge in [-0.15, -0.1) is 0 Å². The largest absolute Gasteiger partial charge is 0.494 e. The lowest BCUT2D eigenvalue weighted by Crippen LogP contribution is -2.19. The fourth-order valence-electron chi connectivity index (χ4n) is 2.08. The summed E-state index contributed by atoms with van der Waals surface area (Å²) in [6.45, 7) is 1.94. The number of carbonyl (C=O) groups excluding carboxylic acids is 1. The van der Waals surface area contributed by atoms with Gasteiger partial charge in [0, 0.05) is 0 Å². The number of rotatable bonds is 5. The number of carbonyl (C=O) groups is 1. The molecule has 0 aliphatic rings. The van der Waals surface area contributed by atoms with Crippen LogP contribution < -0.4 is 14.8 Å². The van der Waals surface area contributed by atoms with Gasteiger partial charge in [-0.25, -0.2) is 4.98 Å². The number of hydrogen-bond donors (Lipinski definition) is 1. The van der Waals surface area contributed by atoms with Crippen molar-refractivity contribution in [2.75, 3.05) is 19.0 Å². The van der Waals surface area contributed by atoms with Crippen LogP contribution in [0.15, 0.2) is 42.5 Å². The average molecular weight is 328 g/mol. The molecular formula is C17H16N2O3S. The molecule has 0 unspecified atom stereocenters. The number of benzene rings is 2. The summed E-state index contributed by atoms with van der Waals surface area (Å²) in [5, 5.41) is 3.28. The van der Waals surface area contributed by atoms with Crippen LogP contribution in [0.3, 0.4) is 0 Å². The fourth-order valence-corrected chi connectivity index (χ4v) is 2.98. The topological polar surface area (TPSA) is 60.5 Å². The Morgan fingerprint density at radius 2 is 2.00 bits per heavy atom. The third-order valence-electron chi connectivity index (χ3n) is 3.24. The second-order valence-electron chi connectivity index (χ2n) is 4.98. The molecule has 0 spiro atoms. The van der Waals surface area contributed by atoms with E-state index in [0.717, 1.165) is 15.8 Å². The Labute approximate surface area is 137 Å². The molecule has 1 heterocycles. The lowest BCUT2D eigenvalue weighted by atomic mass is 10.2. The summed E-state index contributed by atoms with van der Waals surface area (Å²) >= 11 is 1.40. The van der Waals surface area contributed by atoms with Crippen LogP contribution in [0.2, 0.25) is 0 Å². The first-order chi connectivity index (χ1) is 11.2. The zero-order valence-electron chi connectivity index (χ0n) is 12.8. The normalized spacial score (nSPS) is 10.5. The van der Waals surface area contributed by atoms with E-state index in [4.69, 9.17) is 9.47 Å². The number of fused-ring (bicyclic) bond motifs is 1. The first kappa shape index (κ1) is 15.3. The van der Waals surface area contributed by atoms with Crippen LogP contribution in [0.1, 0.15) is 5.56 Å². The van der Waals surface area contributed by atoms with Gasteiger partial charge in [0.25, 0.3) is 5.91 Å². The van der Waals surface area contributed by atoms with E-state index < -0.39 is 0 Å². The number of hydrogen-bond acceptors (Lipinski definition) is 5. The molecule has 0 aliphatic carbocycles. The third-order valence-corrected chi connectivity index (χ3v) is 4.18. The predicted molar refractivity (Wildman–Crippen MR) is 91.5 cm³/mol. The highest BCUT2D eigenvalue weighted by molar-refractivity contribution is 7.22. The van der Waals surface area contributed by atoms with Crippen molar-refractivity contribution < 1.29 is 14.3 Å². The summed E-state index contributed by atoms with van der Waals surface area (Å²) in [4.78, 5) is 16.4. The molecule has 0 saturated carbocycles. The van der Waals surface area contributed by atoms with Gasteiger partial charge in [0.2, 0.25) is 0 Å². The number of amides is 1. The number of aryl methyl sites for hydroxylation is 1. The van der Waals surface area contributed by atoms with E-state index in [-0.39, 0.29) is 12.5 Å². The van der Waals surface area contributed by atoms with Gasteiger partial charge in [0.1, 0.15) is 17.0 Å². The molecule has 0 aliphatic heterocycles. The van der Waals surface area contributed by atoms with Crippen molar-refractivity contribution in [3.8, 4) is 11.5 Å². The van der Waals surface area contributed by atoms with E-state index in [1.165, 1.54) is 11.3 Å². The van der Waals surface area contributed by atoms with Gasteiger partial charge in [0.15, 0.2) is 11.7 Å². The summed E-state index contributed by atoms with van der Waals surface area (Å²) in [5.41, 5.74) is 1.89. The van der Waals surface area contributed by atoms with Crippen molar-refractivity contribution in [2.24, 2.45) is 0 Å². The maximum Gasteiger partial charge on any atom is 0.264 e. The molecule has 0 saturated heterocycles. The van der Waals surface area contributed by atoms with E-state index >= 15 is 0 Å². The molecule has 1 N–H and O–H groups in total. The fraction of sp³-hybridized carbons (Fsp3) is 0.176. The molecule has 5 nitrogen and oxygen atoms in total. The van der Waals surface area contributed by atoms with E-state index in [0.29, 0.717) is 16.6 Å².